The van der Waals surface area contributed by atoms with Crippen LogP contribution in [0.15, 0.2) is 47.4 Å². The number of thioether (sulfide) groups is 1. The number of phenols is 1. The minimum atomic E-state index is -0.0452. The molecule has 2 aromatic carbocycles. The summed E-state index contributed by atoms with van der Waals surface area (Å²) in [4.78, 5) is 15.5. The Labute approximate surface area is 129 Å². The molecule has 0 aliphatic rings. The molecule has 0 radical (unpaired) electrons. The second-order valence-corrected chi connectivity index (χ2v) is 5.57. The average Bonchev–Trinajstić information content (AvgIpc) is 2.51. The number of amides is 1. The number of carbonyl (C=O) groups is 1. The largest absolute Gasteiger partial charge is 0.508 e. The lowest BCUT2D eigenvalue weighted by molar-refractivity contribution is 0.0985. The van der Waals surface area contributed by atoms with Crippen LogP contribution in [-0.2, 0) is 0 Å². The number of benzene rings is 2. The van der Waals surface area contributed by atoms with Crippen molar-refractivity contribution in [3.05, 3.63) is 53.6 Å². The van der Waals surface area contributed by atoms with Gasteiger partial charge in [0.2, 0.25) is 0 Å². The van der Waals surface area contributed by atoms with Gasteiger partial charge in [-0.3, -0.25) is 4.79 Å². The number of aromatic hydroxyl groups is 1. The number of hydrogen-bond donors (Lipinski definition) is 1. The van der Waals surface area contributed by atoms with E-state index < -0.39 is 0 Å². The number of aryl methyl sites for hydroxylation is 1. The van der Waals surface area contributed by atoms with Crippen molar-refractivity contribution in [1.29, 1.82) is 0 Å². The van der Waals surface area contributed by atoms with Crippen LogP contribution in [0.5, 0.6) is 5.75 Å². The summed E-state index contributed by atoms with van der Waals surface area (Å²) in [5.74, 6) is 0.121. The van der Waals surface area contributed by atoms with E-state index in [2.05, 4.69) is 0 Å². The van der Waals surface area contributed by atoms with Gasteiger partial charge in [-0.05, 0) is 43.9 Å². The molecule has 0 atom stereocenters. The number of rotatable bonds is 4. The van der Waals surface area contributed by atoms with Gasteiger partial charge in [-0.1, -0.05) is 18.2 Å². The van der Waals surface area contributed by atoms with Crippen LogP contribution < -0.4 is 4.90 Å². The normalized spacial score (nSPS) is 10.4. The van der Waals surface area contributed by atoms with Crippen molar-refractivity contribution < 1.29 is 9.90 Å². The Morgan fingerprint density at radius 1 is 1.24 bits per heavy atom. The monoisotopic (exact) mass is 301 g/mol. The number of nitrogens with zero attached hydrogens (tertiary/aromatic N) is 1. The van der Waals surface area contributed by atoms with E-state index in [-0.39, 0.29) is 11.7 Å². The molecule has 2 rings (SSSR count). The van der Waals surface area contributed by atoms with E-state index in [1.807, 2.05) is 50.4 Å². The van der Waals surface area contributed by atoms with Gasteiger partial charge < -0.3 is 10.0 Å². The second kappa shape index (κ2) is 6.68. The fourth-order valence-corrected chi connectivity index (χ4v) is 2.87. The zero-order valence-corrected chi connectivity index (χ0v) is 13.3. The highest BCUT2D eigenvalue weighted by Crippen LogP contribution is 2.28. The smallest absolute Gasteiger partial charge is 0.259 e. The third-order valence-electron chi connectivity index (χ3n) is 3.38. The molecule has 0 aliphatic heterocycles. The summed E-state index contributed by atoms with van der Waals surface area (Å²) in [6, 6.07) is 12.7. The van der Waals surface area contributed by atoms with Crippen molar-refractivity contribution in [1.82, 2.24) is 0 Å². The number of phenolic OH excluding ortho intramolecular Hbond substituents is 1. The molecule has 21 heavy (non-hydrogen) atoms. The van der Waals surface area contributed by atoms with E-state index in [0.717, 1.165) is 16.1 Å². The first-order valence-corrected chi connectivity index (χ1v) is 8.05. The molecule has 0 saturated carbocycles. The summed E-state index contributed by atoms with van der Waals surface area (Å²) in [6.07, 6.45) is 1.96. The first-order valence-electron chi connectivity index (χ1n) is 6.83. The van der Waals surface area contributed by atoms with E-state index in [4.69, 9.17) is 0 Å². The Balaban J connectivity index is 2.46. The summed E-state index contributed by atoms with van der Waals surface area (Å²) in [7, 11) is 0. The number of hydrogen-bond acceptors (Lipinski definition) is 3. The molecular formula is C17H19NO2S. The molecule has 1 amide bonds. The Hall–Kier alpha value is -1.94. The highest BCUT2D eigenvalue weighted by molar-refractivity contribution is 7.98. The molecule has 0 saturated heterocycles. The van der Waals surface area contributed by atoms with E-state index in [1.165, 1.54) is 0 Å². The van der Waals surface area contributed by atoms with Gasteiger partial charge in [0.25, 0.3) is 5.91 Å². The maximum Gasteiger partial charge on any atom is 0.259 e. The number of carbonyl (C=O) groups excluding carboxylic acids is 1. The van der Waals surface area contributed by atoms with Crippen LogP contribution in [0.2, 0.25) is 0 Å². The standard InChI is InChI=1S/C17H19NO2S/c1-4-18(15-11-13(19)10-9-12(15)2)17(20)14-7-5-6-8-16(14)21-3/h5-11,19H,4H2,1-3H3. The first kappa shape index (κ1) is 15.4. The lowest BCUT2D eigenvalue weighted by Crippen LogP contribution is -2.31. The van der Waals surface area contributed by atoms with Gasteiger partial charge in [0.05, 0.1) is 11.3 Å². The van der Waals surface area contributed by atoms with E-state index in [0.29, 0.717) is 12.1 Å². The van der Waals surface area contributed by atoms with Crippen LogP contribution in [0.25, 0.3) is 0 Å². The van der Waals surface area contributed by atoms with Crippen molar-refractivity contribution in [2.24, 2.45) is 0 Å². The van der Waals surface area contributed by atoms with Gasteiger partial charge in [0.15, 0.2) is 0 Å². The molecule has 4 heteroatoms. The van der Waals surface area contributed by atoms with Crippen molar-refractivity contribution in [3.63, 3.8) is 0 Å². The average molecular weight is 301 g/mol. The SMILES string of the molecule is CCN(C(=O)c1ccccc1SC)c1cc(O)ccc1C. The molecule has 0 fully saturated rings. The maximum atomic E-state index is 12.9. The number of anilines is 1. The van der Waals surface area contributed by atoms with E-state index in [9.17, 15) is 9.90 Å². The molecule has 0 aromatic heterocycles. The predicted octanol–water partition coefficient (Wildman–Crippen LogP) is 4.09. The third kappa shape index (κ3) is 3.22. The highest BCUT2D eigenvalue weighted by atomic mass is 32.2. The minimum absolute atomic E-state index is 0.0452. The molecule has 110 valence electrons. The minimum Gasteiger partial charge on any atom is -0.508 e. The topological polar surface area (TPSA) is 40.5 Å². The molecular weight excluding hydrogens is 282 g/mol. The van der Waals surface area contributed by atoms with Crippen molar-refractivity contribution >= 4 is 23.4 Å². The molecule has 3 nitrogen and oxygen atoms in total. The maximum absolute atomic E-state index is 12.9. The van der Waals surface area contributed by atoms with Gasteiger partial charge in [0, 0.05) is 17.5 Å². The molecule has 2 aromatic rings. The lowest BCUT2D eigenvalue weighted by Gasteiger charge is -2.24. The summed E-state index contributed by atoms with van der Waals surface area (Å²) in [5.41, 5.74) is 2.40. The molecule has 0 bridgehead atoms. The van der Waals surface area contributed by atoms with Crippen molar-refractivity contribution in [2.45, 2.75) is 18.7 Å². The third-order valence-corrected chi connectivity index (χ3v) is 4.18. The fraction of sp³-hybridized carbons (Fsp3) is 0.235. The Bertz CT molecular complexity index is 655. The zero-order valence-electron chi connectivity index (χ0n) is 12.5. The molecule has 1 N–H and O–H groups in total. The van der Waals surface area contributed by atoms with Crippen LogP contribution >= 0.6 is 11.8 Å². The highest BCUT2D eigenvalue weighted by Gasteiger charge is 2.20. The van der Waals surface area contributed by atoms with Gasteiger partial charge in [-0.25, -0.2) is 0 Å². The quantitative estimate of drug-likeness (QED) is 0.865. The van der Waals surface area contributed by atoms with Crippen LogP contribution in [-0.4, -0.2) is 23.8 Å². The lowest BCUT2D eigenvalue weighted by atomic mass is 10.1. The molecule has 0 unspecified atom stereocenters. The summed E-state index contributed by atoms with van der Waals surface area (Å²) in [6.45, 7) is 4.42. The Kier molecular flexibility index (Phi) is 4.91. The van der Waals surface area contributed by atoms with Gasteiger partial charge in [0.1, 0.15) is 5.75 Å². The van der Waals surface area contributed by atoms with Crippen LogP contribution in [0, 0.1) is 6.92 Å². The first-order chi connectivity index (χ1) is 10.1. The predicted molar refractivity (Wildman–Crippen MR) is 88.4 cm³/mol. The fourth-order valence-electron chi connectivity index (χ4n) is 2.28. The second-order valence-electron chi connectivity index (χ2n) is 4.72. The van der Waals surface area contributed by atoms with Crippen molar-refractivity contribution in [2.75, 3.05) is 17.7 Å². The van der Waals surface area contributed by atoms with Gasteiger partial charge in [-0.15, -0.1) is 11.8 Å². The summed E-state index contributed by atoms with van der Waals surface area (Å²) < 4.78 is 0. The molecule has 0 aliphatic carbocycles. The van der Waals surface area contributed by atoms with Gasteiger partial charge in [-0.2, -0.15) is 0 Å². The van der Waals surface area contributed by atoms with E-state index in [1.54, 1.807) is 28.8 Å². The van der Waals surface area contributed by atoms with E-state index >= 15 is 0 Å². The summed E-state index contributed by atoms with van der Waals surface area (Å²) in [5, 5.41) is 9.69. The van der Waals surface area contributed by atoms with Crippen LogP contribution in [0.4, 0.5) is 5.69 Å². The van der Waals surface area contributed by atoms with Crippen LogP contribution in [0.1, 0.15) is 22.8 Å². The van der Waals surface area contributed by atoms with Crippen molar-refractivity contribution in [3.8, 4) is 5.75 Å². The van der Waals surface area contributed by atoms with Crippen LogP contribution in [0.3, 0.4) is 0 Å². The molecule has 0 spiro atoms. The summed E-state index contributed by atoms with van der Waals surface area (Å²) >= 11 is 1.56. The van der Waals surface area contributed by atoms with Gasteiger partial charge >= 0.3 is 0 Å². The Morgan fingerprint density at radius 2 is 1.95 bits per heavy atom. The molecule has 0 heterocycles. The Morgan fingerprint density at radius 3 is 2.62 bits per heavy atom. The zero-order chi connectivity index (χ0) is 15.4.